The SMILES string of the molecule is CC(O)(Cc1ccc(Br)cc1)Cc1cccc(F)c1Br. The predicted molar refractivity (Wildman–Crippen MR) is 86.3 cm³/mol. The van der Waals surface area contributed by atoms with Crippen LogP contribution in [0.15, 0.2) is 51.4 Å². The monoisotopic (exact) mass is 400 g/mol. The van der Waals surface area contributed by atoms with Gasteiger partial charge in [0.1, 0.15) is 5.82 Å². The highest BCUT2D eigenvalue weighted by atomic mass is 79.9. The second-order valence-electron chi connectivity index (χ2n) is 5.19. The Morgan fingerprint density at radius 3 is 2.35 bits per heavy atom. The van der Waals surface area contributed by atoms with Gasteiger partial charge in [-0.1, -0.05) is 40.2 Å². The quantitative estimate of drug-likeness (QED) is 0.773. The molecule has 2 aromatic carbocycles. The fourth-order valence-electron chi connectivity index (χ4n) is 2.20. The van der Waals surface area contributed by atoms with Crippen LogP contribution in [-0.4, -0.2) is 10.7 Å². The molecule has 0 spiro atoms. The first-order chi connectivity index (χ1) is 9.37. The Morgan fingerprint density at radius 1 is 1.05 bits per heavy atom. The summed E-state index contributed by atoms with van der Waals surface area (Å²) in [5.41, 5.74) is 0.891. The molecule has 0 aromatic heterocycles. The average Bonchev–Trinajstić information content (AvgIpc) is 2.37. The minimum Gasteiger partial charge on any atom is -0.389 e. The first-order valence-electron chi connectivity index (χ1n) is 6.27. The molecule has 0 aliphatic heterocycles. The van der Waals surface area contributed by atoms with Crippen molar-refractivity contribution in [2.75, 3.05) is 0 Å². The average molecular weight is 402 g/mol. The summed E-state index contributed by atoms with van der Waals surface area (Å²) in [4.78, 5) is 0. The second-order valence-corrected chi connectivity index (χ2v) is 6.90. The maximum atomic E-state index is 13.5. The molecule has 1 N–H and O–H groups in total. The molecule has 20 heavy (non-hydrogen) atoms. The van der Waals surface area contributed by atoms with Crippen molar-refractivity contribution in [3.05, 3.63) is 68.4 Å². The van der Waals surface area contributed by atoms with Crippen LogP contribution in [0, 0.1) is 5.82 Å². The zero-order chi connectivity index (χ0) is 14.8. The molecule has 0 saturated carbocycles. The van der Waals surface area contributed by atoms with E-state index in [1.54, 1.807) is 13.0 Å². The first kappa shape index (κ1) is 15.7. The molecule has 0 radical (unpaired) electrons. The molecule has 0 fully saturated rings. The Morgan fingerprint density at radius 2 is 1.70 bits per heavy atom. The molecule has 106 valence electrons. The molecule has 0 aliphatic carbocycles. The van der Waals surface area contributed by atoms with E-state index in [1.165, 1.54) is 6.07 Å². The van der Waals surface area contributed by atoms with Gasteiger partial charge in [0.15, 0.2) is 0 Å². The van der Waals surface area contributed by atoms with E-state index >= 15 is 0 Å². The van der Waals surface area contributed by atoms with Crippen LogP contribution in [-0.2, 0) is 12.8 Å². The summed E-state index contributed by atoms with van der Waals surface area (Å²) in [6.07, 6.45) is 0.907. The molecule has 0 heterocycles. The van der Waals surface area contributed by atoms with Gasteiger partial charge in [-0.05, 0) is 52.2 Å². The van der Waals surface area contributed by atoms with Gasteiger partial charge in [0.05, 0.1) is 10.1 Å². The highest BCUT2D eigenvalue weighted by Crippen LogP contribution is 2.26. The van der Waals surface area contributed by atoms with Crippen molar-refractivity contribution in [3.63, 3.8) is 0 Å². The van der Waals surface area contributed by atoms with E-state index in [4.69, 9.17) is 0 Å². The summed E-state index contributed by atoms with van der Waals surface area (Å²) in [5, 5.41) is 10.6. The second kappa shape index (κ2) is 6.37. The highest BCUT2D eigenvalue weighted by Gasteiger charge is 2.23. The van der Waals surface area contributed by atoms with Crippen LogP contribution in [0.4, 0.5) is 4.39 Å². The van der Waals surface area contributed by atoms with Gasteiger partial charge >= 0.3 is 0 Å². The lowest BCUT2D eigenvalue weighted by Gasteiger charge is -2.24. The third kappa shape index (κ3) is 4.14. The number of hydrogen-bond acceptors (Lipinski definition) is 1. The third-order valence-corrected chi connectivity index (χ3v) is 4.52. The van der Waals surface area contributed by atoms with E-state index in [-0.39, 0.29) is 5.82 Å². The maximum absolute atomic E-state index is 13.5. The van der Waals surface area contributed by atoms with Crippen LogP contribution in [0.25, 0.3) is 0 Å². The van der Waals surface area contributed by atoms with Crippen LogP contribution in [0.3, 0.4) is 0 Å². The fourth-order valence-corrected chi connectivity index (χ4v) is 2.87. The van der Waals surface area contributed by atoms with E-state index in [1.807, 2.05) is 30.3 Å². The van der Waals surface area contributed by atoms with E-state index in [0.717, 1.165) is 15.6 Å². The Bertz CT molecular complexity index is 594. The molecule has 1 atom stereocenters. The van der Waals surface area contributed by atoms with Crippen LogP contribution >= 0.6 is 31.9 Å². The first-order valence-corrected chi connectivity index (χ1v) is 7.86. The van der Waals surface area contributed by atoms with Crippen LogP contribution in [0.1, 0.15) is 18.1 Å². The number of halogens is 3. The molecule has 4 heteroatoms. The minimum atomic E-state index is -0.926. The summed E-state index contributed by atoms with van der Waals surface area (Å²) in [6, 6.07) is 12.7. The molecular formula is C16H15Br2FO. The molecule has 1 unspecified atom stereocenters. The van der Waals surface area contributed by atoms with Crippen molar-refractivity contribution < 1.29 is 9.50 Å². The number of benzene rings is 2. The van der Waals surface area contributed by atoms with E-state index in [0.29, 0.717) is 17.3 Å². The summed E-state index contributed by atoms with van der Waals surface area (Å²) in [5.74, 6) is -0.304. The summed E-state index contributed by atoms with van der Waals surface area (Å²) >= 11 is 6.62. The van der Waals surface area contributed by atoms with Gasteiger partial charge in [-0.15, -0.1) is 0 Å². The molecule has 0 bridgehead atoms. The lowest BCUT2D eigenvalue weighted by Crippen LogP contribution is -2.30. The summed E-state index contributed by atoms with van der Waals surface area (Å²) in [7, 11) is 0. The van der Waals surface area contributed by atoms with Crippen LogP contribution < -0.4 is 0 Å². The number of aliphatic hydroxyl groups is 1. The van der Waals surface area contributed by atoms with Crippen molar-refractivity contribution in [2.24, 2.45) is 0 Å². The van der Waals surface area contributed by atoms with Crippen LogP contribution in [0.2, 0.25) is 0 Å². The van der Waals surface area contributed by atoms with E-state index in [9.17, 15) is 9.50 Å². The largest absolute Gasteiger partial charge is 0.389 e. The third-order valence-electron chi connectivity index (χ3n) is 3.10. The Kier molecular flexibility index (Phi) is 4.99. The van der Waals surface area contributed by atoms with Gasteiger partial charge in [-0.3, -0.25) is 0 Å². The fraction of sp³-hybridized carbons (Fsp3) is 0.250. The molecule has 0 aliphatic rings. The smallest absolute Gasteiger partial charge is 0.137 e. The van der Waals surface area contributed by atoms with Gasteiger partial charge in [-0.2, -0.15) is 0 Å². The molecule has 0 saturated heterocycles. The van der Waals surface area contributed by atoms with E-state index < -0.39 is 5.60 Å². The van der Waals surface area contributed by atoms with Crippen molar-refractivity contribution in [2.45, 2.75) is 25.4 Å². The lowest BCUT2D eigenvalue weighted by molar-refractivity contribution is 0.0606. The Hall–Kier alpha value is -0.710. The maximum Gasteiger partial charge on any atom is 0.137 e. The highest BCUT2D eigenvalue weighted by molar-refractivity contribution is 9.10. The van der Waals surface area contributed by atoms with Gasteiger partial charge in [0, 0.05) is 17.3 Å². The zero-order valence-corrected chi connectivity index (χ0v) is 14.2. The topological polar surface area (TPSA) is 20.2 Å². The van der Waals surface area contributed by atoms with Crippen molar-refractivity contribution >= 4 is 31.9 Å². The summed E-state index contributed by atoms with van der Waals surface area (Å²) in [6.45, 7) is 1.77. The Labute approximate surface area is 135 Å². The molecule has 2 aromatic rings. The molecule has 0 amide bonds. The number of rotatable bonds is 4. The van der Waals surface area contributed by atoms with Crippen molar-refractivity contribution in [1.82, 2.24) is 0 Å². The molecule has 1 nitrogen and oxygen atoms in total. The van der Waals surface area contributed by atoms with Gasteiger partial charge in [0.25, 0.3) is 0 Å². The predicted octanol–water partition coefficient (Wildman–Crippen LogP) is 4.89. The van der Waals surface area contributed by atoms with Gasteiger partial charge in [0.2, 0.25) is 0 Å². The minimum absolute atomic E-state index is 0.304. The van der Waals surface area contributed by atoms with Gasteiger partial charge < -0.3 is 5.11 Å². The molecular weight excluding hydrogens is 387 g/mol. The summed E-state index contributed by atoms with van der Waals surface area (Å²) < 4.78 is 14.9. The van der Waals surface area contributed by atoms with Gasteiger partial charge in [-0.25, -0.2) is 4.39 Å². The Balaban J connectivity index is 2.14. The normalized spacial score (nSPS) is 14.1. The van der Waals surface area contributed by atoms with Crippen molar-refractivity contribution in [1.29, 1.82) is 0 Å². The number of hydrogen-bond donors (Lipinski definition) is 1. The standard InChI is InChI=1S/C16H15Br2FO/c1-16(20,9-11-5-7-13(17)8-6-11)10-12-3-2-4-14(19)15(12)18/h2-8,20H,9-10H2,1H3. The lowest BCUT2D eigenvalue weighted by atomic mass is 9.90. The van der Waals surface area contributed by atoms with Crippen molar-refractivity contribution in [3.8, 4) is 0 Å². The van der Waals surface area contributed by atoms with E-state index in [2.05, 4.69) is 31.9 Å². The van der Waals surface area contributed by atoms with Crippen LogP contribution in [0.5, 0.6) is 0 Å². The zero-order valence-electron chi connectivity index (χ0n) is 11.0. The molecule has 2 rings (SSSR count).